The first-order chi connectivity index (χ1) is 13.5. The van der Waals surface area contributed by atoms with Crippen molar-refractivity contribution in [3.8, 4) is 11.5 Å². The largest absolute Gasteiger partial charge is 0.493 e. The first-order valence-electron chi connectivity index (χ1n) is 9.23. The van der Waals surface area contributed by atoms with Gasteiger partial charge >= 0.3 is 5.97 Å². The standard InChI is InChI=1S/C19H25N5O4/c1-6-9-27-14-8-7-13(10-15(14)26-5)17-16(18(25)28-11(2)3)12(4)20-19-21-22-23-24(17)19/h7-8,10-11,17H,6,9H2,1-5H3,(H,20,21,23). The number of fused-ring (bicyclic) bond motifs is 1. The van der Waals surface area contributed by atoms with E-state index >= 15 is 0 Å². The molecule has 3 rings (SSSR count). The number of nitrogens with one attached hydrogen (secondary N) is 1. The molecule has 1 N–H and O–H groups in total. The first kappa shape index (κ1) is 19.7. The van der Waals surface area contributed by atoms with E-state index in [0.29, 0.717) is 35.3 Å². The number of allylic oxidation sites excluding steroid dienone is 1. The van der Waals surface area contributed by atoms with Crippen molar-refractivity contribution in [2.45, 2.75) is 46.3 Å². The Bertz CT molecular complexity index is 890. The molecule has 28 heavy (non-hydrogen) atoms. The summed E-state index contributed by atoms with van der Waals surface area (Å²) in [6.07, 6.45) is 0.642. The number of hydrogen-bond acceptors (Lipinski definition) is 8. The molecule has 2 heterocycles. The summed E-state index contributed by atoms with van der Waals surface area (Å²) in [5.41, 5.74) is 1.87. The summed E-state index contributed by atoms with van der Waals surface area (Å²) in [5.74, 6) is 1.25. The lowest BCUT2D eigenvalue weighted by molar-refractivity contribution is -0.143. The molecule has 150 valence electrons. The zero-order valence-corrected chi connectivity index (χ0v) is 16.7. The summed E-state index contributed by atoms with van der Waals surface area (Å²) in [4.78, 5) is 12.8. The van der Waals surface area contributed by atoms with Gasteiger partial charge in [0.25, 0.3) is 0 Å². The molecule has 0 spiro atoms. The number of tetrazole rings is 1. The number of anilines is 1. The minimum Gasteiger partial charge on any atom is -0.493 e. The van der Waals surface area contributed by atoms with Gasteiger partial charge in [-0.2, -0.15) is 4.68 Å². The highest BCUT2D eigenvalue weighted by Gasteiger charge is 2.35. The number of rotatable bonds is 7. The average Bonchev–Trinajstić information content (AvgIpc) is 3.12. The van der Waals surface area contributed by atoms with Gasteiger partial charge in [0.05, 0.1) is 25.4 Å². The Hall–Kier alpha value is -3.10. The maximum absolute atomic E-state index is 12.8. The maximum Gasteiger partial charge on any atom is 0.338 e. The summed E-state index contributed by atoms with van der Waals surface area (Å²) in [5, 5.41) is 14.9. The third kappa shape index (κ3) is 3.78. The third-order valence-corrected chi connectivity index (χ3v) is 4.24. The van der Waals surface area contributed by atoms with E-state index in [9.17, 15) is 4.79 Å². The van der Waals surface area contributed by atoms with Crippen LogP contribution < -0.4 is 14.8 Å². The van der Waals surface area contributed by atoms with Crippen LogP contribution in [0.15, 0.2) is 29.5 Å². The van der Waals surface area contributed by atoms with E-state index < -0.39 is 12.0 Å². The number of hydrogen-bond donors (Lipinski definition) is 1. The van der Waals surface area contributed by atoms with Gasteiger partial charge in [-0.05, 0) is 55.3 Å². The zero-order valence-electron chi connectivity index (χ0n) is 16.7. The van der Waals surface area contributed by atoms with Gasteiger partial charge in [0.2, 0.25) is 5.95 Å². The van der Waals surface area contributed by atoms with E-state index in [1.807, 2.05) is 39.0 Å². The highest BCUT2D eigenvalue weighted by molar-refractivity contribution is 5.92. The van der Waals surface area contributed by atoms with Crippen LogP contribution in [-0.2, 0) is 9.53 Å². The Kier molecular flexibility index (Phi) is 5.81. The van der Waals surface area contributed by atoms with Gasteiger partial charge in [0, 0.05) is 5.70 Å². The fourth-order valence-electron chi connectivity index (χ4n) is 3.05. The summed E-state index contributed by atoms with van der Waals surface area (Å²) in [6.45, 7) is 8.05. The molecule has 1 aliphatic heterocycles. The molecule has 1 aromatic carbocycles. The molecule has 1 atom stereocenters. The molecule has 0 saturated heterocycles. The molecule has 0 aliphatic carbocycles. The number of ether oxygens (including phenoxy) is 3. The van der Waals surface area contributed by atoms with E-state index in [1.54, 1.807) is 18.7 Å². The van der Waals surface area contributed by atoms with Crippen molar-refractivity contribution in [2.75, 3.05) is 19.0 Å². The summed E-state index contributed by atoms with van der Waals surface area (Å²) in [7, 11) is 1.58. The molecular weight excluding hydrogens is 362 g/mol. The van der Waals surface area contributed by atoms with Crippen LogP contribution in [-0.4, -0.2) is 46.0 Å². The van der Waals surface area contributed by atoms with Gasteiger partial charge in [0.1, 0.15) is 6.04 Å². The van der Waals surface area contributed by atoms with Crippen molar-refractivity contribution < 1.29 is 19.0 Å². The second-order valence-corrected chi connectivity index (χ2v) is 6.73. The fourth-order valence-corrected chi connectivity index (χ4v) is 3.05. The number of carbonyl (C=O) groups is 1. The minimum absolute atomic E-state index is 0.247. The van der Waals surface area contributed by atoms with Gasteiger partial charge in [0.15, 0.2) is 11.5 Å². The molecule has 0 saturated carbocycles. The quantitative estimate of drug-likeness (QED) is 0.724. The Labute approximate surface area is 163 Å². The molecule has 0 radical (unpaired) electrons. The lowest BCUT2D eigenvalue weighted by Crippen LogP contribution is -2.30. The van der Waals surface area contributed by atoms with Gasteiger partial charge < -0.3 is 19.5 Å². The number of aromatic nitrogens is 4. The number of nitrogens with zero attached hydrogens (tertiary/aromatic N) is 4. The molecule has 9 nitrogen and oxygen atoms in total. The van der Waals surface area contributed by atoms with Crippen LogP contribution in [0.3, 0.4) is 0 Å². The van der Waals surface area contributed by atoms with Crippen molar-refractivity contribution in [1.29, 1.82) is 0 Å². The Morgan fingerprint density at radius 2 is 2.11 bits per heavy atom. The molecule has 0 bridgehead atoms. The first-order valence-corrected chi connectivity index (χ1v) is 9.23. The van der Waals surface area contributed by atoms with Gasteiger partial charge in [-0.1, -0.05) is 18.1 Å². The molecule has 1 aromatic heterocycles. The van der Waals surface area contributed by atoms with Gasteiger partial charge in [-0.3, -0.25) is 0 Å². The van der Waals surface area contributed by atoms with Crippen LogP contribution in [0.2, 0.25) is 0 Å². The van der Waals surface area contributed by atoms with E-state index in [-0.39, 0.29) is 6.10 Å². The van der Waals surface area contributed by atoms with Gasteiger partial charge in [-0.25, -0.2) is 4.79 Å². The molecule has 0 amide bonds. The topological polar surface area (TPSA) is 100 Å². The molecule has 1 aliphatic rings. The normalized spacial score (nSPS) is 15.9. The maximum atomic E-state index is 12.8. The monoisotopic (exact) mass is 387 g/mol. The van der Waals surface area contributed by atoms with Crippen LogP contribution in [0.1, 0.15) is 45.7 Å². The van der Waals surface area contributed by atoms with Crippen molar-refractivity contribution in [3.63, 3.8) is 0 Å². The lowest BCUT2D eigenvalue weighted by Gasteiger charge is -2.28. The van der Waals surface area contributed by atoms with Crippen molar-refractivity contribution in [1.82, 2.24) is 20.2 Å². The van der Waals surface area contributed by atoms with E-state index in [2.05, 4.69) is 20.8 Å². The third-order valence-electron chi connectivity index (χ3n) is 4.24. The molecule has 2 aromatic rings. The van der Waals surface area contributed by atoms with Crippen molar-refractivity contribution in [2.24, 2.45) is 0 Å². The fraction of sp³-hybridized carbons (Fsp3) is 0.474. The Morgan fingerprint density at radius 3 is 2.79 bits per heavy atom. The number of esters is 1. The van der Waals surface area contributed by atoms with Crippen LogP contribution in [0.25, 0.3) is 0 Å². The second kappa shape index (κ2) is 8.28. The van der Waals surface area contributed by atoms with Crippen LogP contribution >= 0.6 is 0 Å². The van der Waals surface area contributed by atoms with Crippen LogP contribution in [0.5, 0.6) is 11.5 Å². The smallest absolute Gasteiger partial charge is 0.338 e. The lowest BCUT2D eigenvalue weighted by atomic mass is 9.95. The number of benzene rings is 1. The molecule has 9 heteroatoms. The Balaban J connectivity index is 2.07. The molecular formula is C19H25N5O4. The van der Waals surface area contributed by atoms with E-state index in [0.717, 1.165) is 12.0 Å². The van der Waals surface area contributed by atoms with Crippen molar-refractivity contribution >= 4 is 11.9 Å². The van der Waals surface area contributed by atoms with Crippen LogP contribution in [0.4, 0.5) is 5.95 Å². The minimum atomic E-state index is -0.549. The van der Waals surface area contributed by atoms with Crippen LogP contribution in [0, 0.1) is 0 Å². The summed E-state index contributed by atoms with van der Waals surface area (Å²) in [6, 6.07) is 5.00. The predicted octanol–water partition coefficient (Wildman–Crippen LogP) is 2.71. The predicted molar refractivity (Wildman–Crippen MR) is 102 cm³/mol. The van der Waals surface area contributed by atoms with Gasteiger partial charge in [-0.15, -0.1) is 0 Å². The average molecular weight is 387 g/mol. The highest BCUT2D eigenvalue weighted by atomic mass is 16.5. The second-order valence-electron chi connectivity index (χ2n) is 6.73. The summed E-state index contributed by atoms with van der Waals surface area (Å²) < 4.78 is 18.3. The SMILES string of the molecule is CCCOc1ccc(C2C(C(=O)OC(C)C)=C(C)Nc3nnnn32)cc1OC. The molecule has 1 unspecified atom stereocenters. The van der Waals surface area contributed by atoms with E-state index in [1.165, 1.54) is 0 Å². The summed E-state index contributed by atoms with van der Waals surface area (Å²) >= 11 is 0. The van der Waals surface area contributed by atoms with E-state index in [4.69, 9.17) is 14.2 Å². The Morgan fingerprint density at radius 1 is 1.32 bits per heavy atom. The zero-order chi connectivity index (χ0) is 20.3. The highest BCUT2D eigenvalue weighted by Crippen LogP contribution is 2.38. The number of methoxy groups -OCH3 is 1. The van der Waals surface area contributed by atoms with Crippen molar-refractivity contribution in [3.05, 3.63) is 35.0 Å². The number of carbonyl (C=O) groups excluding carboxylic acids is 1. The molecule has 0 fully saturated rings.